The molecular weight excluding hydrogens is 244 g/mol. The fourth-order valence-electron chi connectivity index (χ4n) is 0.744. The fraction of sp³-hybridized carbons (Fsp3) is 0.500. The number of rotatable bonds is 2. The Morgan fingerprint density at radius 3 is 2.55 bits per heavy atom. The van der Waals surface area contributed by atoms with Crippen LogP contribution in [0.2, 0.25) is 0 Å². The minimum absolute atomic E-state index is 0.109. The molecule has 1 rings (SSSR count). The van der Waals surface area contributed by atoms with Crippen molar-refractivity contribution < 1.29 is 0 Å². The van der Waals surface area contributed by atoms with Crippen LogP contribution in [0.1, 0.15) is 18.7 Å². The molecule has 0 saturated heterocycles. The first-order chi connectivity index (χ1) is 5.06. The lowest BCUT2D eigenvalue weighted by atomic mass is 9.94. The number of hydrogen-bond donors (Lipinski definition) is 0. The Kier molecular flexibility index (Phi) is 3.01. The Bertz CT molecular complexity index is 242. The van der Waals surface area contributed by atoms with Crippen molar-refractivity contribution in [1.29, 1.82) is 0 Å². The van der Waals surface area contributed by atoms with Crippen LogP contribution in [0.4, 0.5) is 0 Å². The van der Waals surface area contributed by atoms with E-state index in [9.17, 15) is 0 Å². The van der Waals surface area contributed by atoms with Crippen LogP contribution in [-0.2, 0) is 5.41 Å². The van der Waals surface area contributed by atoms with Gasteiger partial charge in [-0.15, -0.1) is 22.9 Å². The third-order valence-corrected chi connectivity index (χ3v) is 4.23. The smallest absolute Gasteiger partial charge is 0.0701 e. The van der Waals surface area contributed by atoms with Crippen LogP contribution in [0.25, 0.3) is 0 Å². The predicted molar refractivity (Wildman–Crippen MR) is 55.8 cm³/mol. The van der Waals surface area contributed by atoms with Gasteiger partial charge < -0.3 is 0 Å². The molecule has 0 unspecified atom stereocenters. The zero-order chi connectivity index (χ0) is 8.48. The van der Waals surface area contributed by atoms with E-state index in [0.717, 1.165) is 0 Å². The Morgan fingerprint density at radius 1 is 1.55 bits per heavy atom. The van der Waals surface area contributed by atoms with Gasteiger partial charge >= 0.3 is 0 Å². The van der Waals surface area contributed by atoms with Gasteiger partial charge in [-0.25, -0.2) is 0 Å². The summed E-state index contributed by atoms with van der Waals surface area (Å²) in [4.78, 5) is 1.33. The van der Waals surface area contributed by atoms with Crippen LogP contribution < -0.4 is 0 Å². The molecule has 62 valence electrons. The molecule has 0 amide bonds. The molecule has 0 bridgehead atoms. The lowest BCUT2D eigenvalue weighted by Crippen LogP contribution is -2.16. The molecule has 0 atom stereocenters. The third-order valence-electron chi connectivity index (χ3n) is 1.57. The van der Waals surface area contributed by atoms with Gasteiger partial charge in [-0.3, -0.25) is 0 Å². The molecule has 0 radical (unpaired) electrons. The molecule has 0 saturated carbocycles. The summed E-state index contributed by atoms with van der Waals surface area (Å²) in [7, 11) is 0. The van der Waals surface area contributed by atoms with Gasteiger partial charge in [0.1, 0.15) is 0 Å². The zero-order valence-corrected chi connectivity index (χ0v) is 9.68. The van der Waals surface area contributed by atoms with Gasteiger partial charge in [0.25, 0.3) is 0 Å². The first-order valence-electron chi connectivity index (χ1n) is 3.38. The molecule has 0 aromatic carbocycles. The van der Waals surface area contributed by atoms with Crippen molar-refractivity contribution >= 4 is 38.9 Å². The quantitative estimate of drug-likeness (QED) is 0.698. The Hall–Kier alpha value is 0.470. The summed E-state index contributed by atoms with van der Waals surface area (Å²) in [5.74, 6) is 0.667. The molecular formula is C8H10BrClS. The summed E-state index contributed by atoms with van der Waals surface area (Å²) in [5, 5.41) is 0. The maximum atomic E-state index is 5.83. The van der Waals surface area contributed by atoms with E-state index in [4.69, 9.17) is 11.6 Å². The van der Waals surface area contributed by atoms with Crippen molar-refractivity contribution in [3.05, 3.63) is 20.8 Å². The van der Waals surface area contributed by atoms with Crippen LogP contribution in [-0.4, -0.2) is 5.88 Å². The van der Waals surface area contributed by atoms with E-state index in [1.54, 1.807) is 11.3 Å². The average molecular weight is 254 g/mol. The fourth-order valence-corrected chi connectivity index (χ4v) is 2.45. The second kappa shape index (κ2) is 3.46. The van der Waals surface area contributed by atoms with E-state index >= 15 is 0 Å². The maximum absolute atomic E-state index is 5.83. The minimum Gasteiger partial charge on any atom is -0.133 e. The summed E-state index contributed by atoms with van der Waals surface area (Å²) >= 11 is 11.0. The SMILES string of the molecule is CC(C)(CCl)c1ccc(Br)s1. The molecule has 0 fully saturated rings. The summed E-state index contributed by atoms with van der Waals surface area (Å²) in [6.45, 7) is 4.30. The van der Waals surface area contributed by atoms with Gasteiger partial charge in [0.05, 0.1) is 3.79 Å². The second-order valence-corrected chi connectivity index (χ2v) is 5.85. The monoisotopic (exact) mass is 252 g/mol. The molecule has 1 heterocycles. The molecule has 11 heavy (non-hydrogen) atoms. The van der Waals surface area contributed by atoms with Gasteiger partial charge in [0.2, 0.25) is 0 Å². The highest BCUT2D eigenvalue weighted by Crippen LogP contribution is 2.33. The largest absolute Gasteiger partial charge is 0.133 e. The maximum Gasteiger partial charge on any atom is 0.0701 e. The zero-order valence-electron chi connectivity index (χ0n) is 6.53. The van der Waals surface area contributed by atoms with Gasteiger partial charge in [-0.05, 0) is 28.1 Å². The van der Waals surface area contributed by atoms with E-state index in [1.807, 2.05) is 0 Å². The topological polar surface area (TPSA) is 0 Å². The molecule has 0 aliphatic rings. The van der Waals surface area contributed by atoms with Crippen molar-refractivity contribution in [3.8, 4) is 0 Å². The molecule has 0 spiro atoms. The first-order valence-corrected chi connectivity index (χ1v) is 5.52. The summed E-state index contributed by atoms with van der Waals surface area (Å²) in [6, 6.07) is 4.19. The van der Waals surface area contributed by atoms with E-state index in [1.165, 1.54) is 8.66 Å². The highest BCUT2D eigenvalue weighted by atomic mass is 79.9. The van der Waals surface area contributed by atoms with Crippen molar-refractivity contribution in [3.63, 3.8) is 0 Å². The van der Waals surface area contributed by atoms with Crippen molar-refractivity contribution in [2.24, 2.45) is 0 Å². The van der Waals surface area contributed by atoms with Gasteiger partial charge in [0, 0.05) is 16.2 Å². The molecule has 1 aromatic rings. The minimum atomic E-state index is 0.109. The molecule has 0 N–H and O–H groups in total. The predicted octanol–water partition coefficient (Wildman–Crippen LogP) is 4.03. The number of alkyl halides is 1. The van der Waals surface area contributed by atoms with E-state index in [0.29, 0.717) is 5.88 Å². The van der Waals surface area contributed by atoms with Crippen LogP contribution in [0.3, 0.4) is 0 Å². The molecule has 0 aliphatic heterocycles. The van der Waals surface area contributed by atoms with Crippen LogP contribution in [0, 0.1) is 0 Å². The summed E-state index contributed by atoms with van der Waals surface area (Å²) in [5.41, 5.74) is 0.109. The lowest BCUT2D eigenvalue weighted by molar-refractivity contribution is 0.612. The summed E-state index contributed by atoms with van der Waals surface area (Å²) in [6.07, 6.45) is 0. The van der Waals surface area contributed by atoms with Gasteiger partial charge in [-0.2, -0.15) is 0 Å². The molecule has 1 aromatic heterocycles. The van der Waals surface area contributed by atoms with Gasteiger partial charge in [-0.1, -0.05) is 13.8 Å². The Morgan fingerprint density at radius 2 is 2.18 bits per heavy atom. The van der Waals surface area contributed by atoms with Crippen LogP contribution in [0.15, 0.2) is 15.9 Å². The Balaban J connectivity index is 2.92. The molecule has 0 aliphatic carbocycles. The average Bonchev–Trinajstić information content (AvgIpc) is 2.36. The van der Waals surface area contributed by atoms with E-state index in [-0.39, 0.29) is 5.41 Å². The second-order valence-electron chi connectivity index (χ2n) is 3.12. The normalized spacial score (nSPS) is 12.0. The van der Waals surface area contributed by atoms with Crippen molar-refractivity contribution in [2.75, 3.05) is 5.88 Å². The van der Waals surface area contributed by atoms with Crippen molar-refractivity contribution in [1.82, 2.24) is 0 Å². The van der Waals surface area contributed by atoms with E-state index in [2.05, 4.69) is 41.9 Å². The van der Waals surface area contributed by atoms with E-state index < -0.39 is 0 Å². The number of thiophene rings is 1. The highest BCUT2D eigenvalue weighted by Gasteiger charge is 2.20. The third kappa shape index (κ3) is 2.20. The van der Waals surface area contributed by atoms with Crippen LogP contribution >= 0.6 is 38.9 Å². The number of halogens is 2. The van der Waals surface area contributed by atoms with Crippen LogP contribution in [0.5, 0.6) is 0 Å². The van der Waals surface area contributed by atoms with Crippen molar-refractivity contribution in [2.45, 2.75) is 19.3 Å². The van der Waals surface area contributed by atoms with Gasteiger partial charge in [0.15, 0.2) is 0 Å². The number of hydrogen-bond acceptors (Lipinski definition) is 1. The standard InChI is InChI=1S/C8H10BrClS/c1-8(2,5-10)6-3-4-7(9)11-6/h3-4H,5H2,1-2H3. The Labute approximate surface area is 84.7 Å². The lowest BCUT2D eigenvalue weighted by Gasteiger charge is -2.18. The molecule has 3 heteroatoms. The first kappa shape index (κ1) is 9.56. The highest BCUT2D eigenvalue weighted by molar-refractivity contribution is 9.11. The molecule has 0 nitrogen and oxygen atoms in total. The summed E-state index contributed by atoms with van der Waals surface area (Å²) < 4.78 is 1.17.